The highest BCUT2D eigenvalue weighted by molar-refractivity contribution is 6.31. The van der Waals surface area contributed by atoms with Gasteiger partial charge < -0.3 is 15.8 Å². The van der Waals surface area contributed by atoms with Crippen molar-refractivity contribution in [2.75, 3.05) is 20.2 Å². The summed E-state index contributed by atoms with van der Waals surface area (Å²) in [7, 11) is 1.63. The first kappa shape index (κ1) is 13.8. The van der Waals surface area contributed by atoms with E-state index in [1.54, 1.807) is 7.11 Å². The van der Waals surface area contributed by atoms with Crippen LogP contribution in [0.15, 0.2) is 12.1 Å². The van der Waals surface area contributed by atoms with E-state index in [2.05, 4.69) is 5.32 Å². The highest BCUT2D eigenvalue weighted by Gasteiger charge is 2.06. The van der Waals surface area contributed by atoms with Gasteiger partial charge in [0.15, 0.2) is 0 Å². The highest BCUT2D eigenvalue weighted by Crippen LogP contribution is 2.26. The van der Waals surface area contributed by atoms with Crippen LogP contribution in [-0.4, -0.2) is 26.1 Å². The Morgan fingerprint density at radius 2 is 2.24 bits per heavy atom. The number of nitrogens with two attached hydrogens (primary N) is 1. The summed E-state index contributed by atoms with van der Waals surface area (Å²) in [5, 5.41) is 3.66. The summed E-state index contributed by atoms with van der Waals surface area (Å²) in [6, 6.07) is 3.80. The number of benzene rings is 1. The van der Waals surface area contributed by atoms with Crippen molar-refractivity contribution in [1.82, 2.24) is 5.32 Å². The summed E-state index contributed by atoms with van der Waals surface area (Å²) in [5.74, 6) is 0.451. The molecule has 17 heavy (non-hydrogen) atoms. The van der Waals surface area contributed by atoms with Crippen LogP contribution in [0.25, 0.3) is 0 Å². The fourth-order valence-electron chi connectivity index (χ4n) is 1.52. The van der Waals surface area contributed by atoms with Gasteiger partial charge in [-0.2, -0.15) is 0 Å². The van der Waals surface area contributed by atoms with Crippen LogP contribution in [0.4, 0.5) is 0 Å². The molecule has 0 aliphatic rings. The Bertz CT molecular complexity index is 408. The maximum Gasteiger partial charge on any atom is 0.231 e. The van der Waals surface area contributed by atoms with Crippen LogP contribution in [0.2, 0.25) is 5.02 Å². The second-order valence-electron chi connectivity index (χ2n) is 3.81. The summed E-state index contributed by atoms with van der Waals surface area (Å²) in [5.41, 5.74) is 7.02. The molecule has 0 unspecified atom stereocenters. The maximum atomic E-state index is 10.5. The number of amides is 1. The molecule has 0 fully saturated rings. The third kappa shape index (κ3) is 4.24. The molecule has 0 spiro atoms. The van der Waals surface area contributed by atoms with E-state index in [4.69, 9.17) is 22.1 Å². The molecular weight excluding hydrogens is 240 g/mol. The Labute approximate surface area is 106 Å². The average molecular weight is 257 g/mol. The van der Waals surface area contributed by atoms with Crippen LogP contribution >= 0.6 is 11.6 Å². The molecule has 1 aromatic carbocycles. The monoisotopic (exact) mass is 256 g/mol. The molecule has 0 saturated heterocycles. The van der Waals surface area contributed by atoms with Crippen molar-refractivity contribution in [2.24, 2.45) is 5.73 Å². The third-order valence-electron chi connectivity index (χ3n) is 2.43. The normalized spacial score (nSPS) is 10.3. The molecule has 5 heteroatoms. The minimum Gasteiger partial charge on any atom is -0.496 e. The van der Waals surface area contributed by atoms with Gasteiger partial charge in [0, 0.05) is 5.02 Å². The number of nitrogens with one attached hydrogen (secondary N) is 1. The summed E-state index contributed by atoms with van der Waals surface area (Å²) in [6.45, 7) is 2.76. The number of rotatable bonds is 6. The minimum absolute atomic E-state index is 0.182. The van der Waals surface area contributed by atoms with E-state index in [-0.39, 0.29) is 12.5 Å². The molecule has 0 bridgehead atoms. The van der Waals surface area contributed by atoms with Gasteiger partial charge in [-0.3, -0.25) is 4.79 Å². The zero-order valence-corrected chi connectivity index (χ0v) is 10.8. The number of methoxy groups -OCH3 is 1. The standard InChI is InChI=1S/C12H17ClN2O2/c1-8-5-11(17-2)9(6-10(8)13)3-4-15-7-12(14)16/h5-6,15H,3-4,7H2,1-2H3,(H2,14,16). The van der Waals surface area contributed by atoms with Gasteiger partial charge in [0.25, 0.3) is 0 Å². The lowest BCUT2D eigenvalue weighted by molar-refractivity contribution is -0.117. The molecule has 1 rings (SSSR count). The fourth-order valence-corrected chi connectivity index (χ4v) is 1.70. The van der Waals surface area contributed by atoms with Crippen LogP contribution < -0.4 is 15.8 Å². The lowest BCUT2D eigenvalue weighted by Gasteiger charge is -2.11. The third-order valence-corrected chi connectivity index (χ3v) is 2.84. The Hall–Kier alpha value is -1.26. The number of carbonyl (C=O) groups is 1. The molecule has 4 nitrogen and oxygen atoms in total. The second kappa shape index (κ2) is 6.47. The van der Waals surface area contributed by atoms with Gasteiger partial charge in [-0.15, -0.1) is 0 Å². The second-order valence-corrected chi connectivity index (χ2v) is 4.21. The maximum absolute atomic E-state index is 10.5. The van der Waals surface area contributed by atoms with Crippen LogP contribution in [0.5, 0.6) is 5.75 Å². The molecule has 0 aliphatic heterocycles. The first-order valence-corrected chi connectivity index (χ1v) is 5.74. The quantitative estimate of drug-likeness (QED) is 0.754. The number of hydrogen-bond donors (Lipinski definition) is 2. The predicted molar refractivity (Wildman–Crippen MR) is 68.5 cm³/mol. The van der Waals surface area contributed by atoms with E-state index in [0.29, 0.717) is 6.54 Å². The number of primary amides is 1. The van der Waals surface area contributed by atoms with Crippen molar-refractivity contribution < 1.29 is 9.53 Å². The van der Waals surface area contributed by atoms with Crippen molar-refractivity contribution in [2.45, 2.75) is 13.3 Å². The van der Waals surface area contributed by atoms with E-state index >= 15 is 0 Å². The Kier molecular flexibility index (Phi) is 5.25. The Morgan fingerprint density at radius 3 is 2.82 bits per heavy atom. The topological polar surface area (TPSA) is 64.3 Å². The smallest absolute Gasteiger partial charge is 0.231 e. The number of halogens is 1. The van der Waals surface area contributed by atoms with Crippen molar-refractivity contribution >= 4 is 17.5 Å². The van der Waals surface area contributed by atoms with Gasteiger partial charge in [0.1, 0.15) is 5.75 Å². The summed E-state index contributed by atoms with van der Waals surface area (Å²) < 4.78 is 5.28. The van der Waals surface area contributed by atoms with Gasteiger partial charge in [-0.05, 0) is 43.1 Å². The van der Waals surface area contributed by atoms with Crippen LogP contribution in [0.1, 0.15) is 11.1 Å². The first-order chi connectivity index (χ1) is 8.04. The zero-order chi connectivity index (χ0) is 12.8. The molecule has 0 saturated carbocycles. The van der Waals surface area contributed by atoms with E-state index < -0.39 is 0 Å². The fraction of sp³-hybridized carbons (Fsp3) is 0.417. The molecule has 3 N–H and O–H groups in total. The lowest BCUT2D eigenvalue weighted by atomic mass is 10.1. The van der Waals surface area contributed by atoms with Crippen molar-refractivity contribution in [3.05, 3.63) is 28.3 Å². The summed E-state index contributed by atoms with van der Waals surface area (Å²) >= 11 is 6.06. The molecule has 0 aliphatic carbocycles. The zero-order valence-electron chi connectivity index (χ0n) is 10.0. The van der Waals surface area contributed by atoms with Crippen molar-refractivity contribution in [3.63, 3.8) is 0 Å². The molecule has 0 aromatic heterocycles. The average Bonchev–Trinajstić information content (AvgIpc) is 2.28. The molecule has 0 heterocycles. The Balaban J connectivity index is 2.63. The van der Waals surface area contributed by atoms with E-state index in [1.807, 2.05) is 19.1 Å². The largest absolute Gasteiger partial charge is 0.496 e. The molecule has 1 amide bonds. The van der Waals surface area contributed by atoms with E-state index in [1.165, 1.54) is 0 Å². The van der Waals surface area contributed by atoms with Gasteiger partial charge in [-0.25, -0.2) is 0 Å². The van der Waals surface area contributed by atoms with Crippen molar-refractivity contribution in [3.8, 4) is 5.75 Å². The number of carbonyl (C=O) groups excluding carboxylic acids is 1. The highest BCUT2D eigenvalue weighted by atomic mass is 35.5. The summed E-state index contributed by atoms with van der Waals surface area (Å²) in [6.07, 6.45) is 0.733. The van der Waals surface area contributed by atoms with Gasteiger partial charge in [-0.1, -0.05) is 11.6 Å². The first-order valence-electron chi connectivity index (χ1n) is 5.36. The molecular formula is C12H17ClN2O2. The van der Waals surface area contributed by atoms with Crippen LogP contribution in [0.3, 0.4) is 0 Å². The number of hydrogen-bond acceptors (Lipinski definition) is 3. The molecule has 0 atom stereocenters. The lowest BCUT2D eigenvalue weighted by Crippen LogP contribution is -2.29. The summed E-state index contributed by atoms with van der Waals surface area (Å²) in [4.78, 5) is 10.5. The van der Waals surface area contributed by atoms with E-state index in [0.717, 1.165) is 28.3 Å². The van der Waals surface area contributed by atoms with Crippen LogP contribution in [-0.2, 0) is 11.2 Å². The SMILES string of the molecule is COc1cc(C)c(Cl)cc1CCNCC(N)=O. The minimum atomic E-state index is -0.362. The number of aryl methyl sites for hydroxylation is 1. The van der Waals surface area contributed by atoms with E-state index in [9.17, 15) is 4.79 Å². The molecule has 1 aromatic rings. The van der Waals surface area contributed by atoms with Gasteiger partial charge >= 0.3 is 0 Å². The molecule has 94 valence electrons. The van der Waals surface area contributed by atoms with Crippen molar-refractivity contribution in [1.29, 1.82) is 0 Å². The van der Waals surface area contributed by atoms with Gasteiger partial charge in [0.05, 0.1) is 13.7 Å². The predicted octanol–water partition coefficient (Wildman–Crippen LogP) is 1.27. The van der Waals surface area contributed by atoms with Crippen LogP contribution in [0, 0.1) is 6.92 Å². The van der Waals surface area contributed by atoms with Gasteiger partial charge in [0.2, 0.25) is 5.91 Å². The number of ether oxygens (including phenoxy) is 1. The molecule has 0 radical (unpaired) electrons. The Morgan fingerprint density at radius 1 is 1.53 bits per heavy atom.